The number of carbonyl (C=O) groups is 1. The number of benzene rings is 1. The first kappa shape index (κ1) is 23.5. The lowest BCUT2D eigenvalue weighted by Crippen LogP contribution is -2.47. The minimum Gasteiger partial charge on any atom is -0.336 e. The molecule has 0 bridgehead atoms. The van der Waals surface area contributed by atoms with E-state index in [-0.39, 0.29) is 28.1 Å². The molecule has 172 valence electrons. The monoisotopic (exact) mass is 449 g/mol. The van der Waals surface area contributed by atoms with Gasteiger partial charge in [-0.05, 0) is 30.8 Å². The summed E-state index contributed by atoms with van der Waals surface area (Å²) in [5.74, 6) is -0.254. The fourth-order valence-corrected chi connectivity index (χ4v) is 3.65. The number of halogens is 3. The summed E-state index contributed by atoms with van der Waals surface area (Å²) in [4.78, 5) is 29.6. The Kier molecular flexibility index (Phi) is 6.73. The van der Waals surface area contributed by atoms with E-state index in [1.807, 2.05) is 20.9 Å². The molecule has 1 aliphatic heterocycles. The fraction of sp³-hybridized carbons (Fsp3) is 0.409. The number of H-pyrrole nitrogens is 1. The molecule has 0 unspecified atom stereocenters. The quantitative estimate of drug-likeness (QED) is 0.651. The van der Waals surface area contributed by atoms with Crippen molar-refractivity contribution in [1.29, 1.82) is 0 Å². The summed E-state index contributed by atoms with van der Waals surface area (Å²) in [6, 6.07) is 3.26. The van der Waals surface area contributed by atoms with Crippen LogP contribution < -0.4 is 5.56 Å². The van der Waals surface area contributed by atoms with Crippen LogP contribution in [0.25, 0.3) is 22.0 Å². The lowest BCUT2D eigenvalue weighted by atomic mass is 9.98. The highest BCUT2D eigenvalue weighted by Crippen LogP contribution is 2.36. The first-order valence-electron chi connectivity index (χ1n) is 10.4. The van der Waals surface area contributed by atoms with E-state index in [2.05, 4.69) is 15.1 Å². The van der Waals surface area contributed by atoms with Crippen molar-refractivity contribution in [2.45, 2.75) is 20.0 Å². The molecule has 7 nitrogen and oxygen atoms in total. The molecule has 1 N–H and O–H groups in total. The number of hydrogen-bond acceptors (Lipinski definition) is 4. The molecule has 1 fully saturated rings. The van der Waals surface area contributed by atoms with Gasteiger partial charge in [0.2, 0.25) is 0 Å². The van der Waals surface area contributed by atoms with Crippen LogP contribution in [-0.4, -0.2) is 63.7 Å². The number of aromatic amines is 1. The van der Waals surface area contributed by atoms with Gasteiger partial charge in [0.25, 0.3) is 11.5 Å². The van der Waals surface area contributed by atoms with Gasteiger partial charge in [-0.25, -0.2) is 0 Å². The number of amides is 1. The molecule has 2 aromatic heterocycles. The summed E-state index contributed by atoms with van der Waals surface area (Å²) >= 11 is 0. The number of nitrogens with zero attached hydrogens (tertiary/aromatic N) is 4. The average Bonchev–Trinajstić information content (AvgIpc) is 3.25. The Morgan fingerprint density at radius 2 is 1.69 bits per heavy atom. The Morgan fingerprint density at radius 1 is 1.03 bits per heavy atom. The van der Waals surface area contributed by atoms with Gasteiger partial charge in [-0.1, -0.05) is 13.8 Å². The minimum absolute atomic E-state index is 0.0231. The van der Waals surface area contributed by atoms with E-state index in [1.165, 1.54) is 30.1 Å². The molecular weight excluding hydrogens is 423 g/mol. The second-order valence-corrected chi connectivity index (χ2v) is 7.51. The molecule has 1 saturated heterocycles. The molecule has 1 aromatic carbocycles. The van der Waals surface area contributed by atoms with E-state index in [0.717, 1.165) is 25.2 Å². The summed E-state index contributed by atoms with van der Waals surface area (Å²) in [5.41, 5.74) is -0.862. The highest BCUT2D eigenvalue weighted by atomic mass is 19.4. The number of nitrogens with one attached hydrogen (secondary N) is 1. The highest BCUT2D eigenvalue weighted by Gasteiger charge is 2.32. The molecular formula is C22H26F3N5O2. The van der Waals surface area contributed by atoms with Crippen molar-refractivity contribution in [1.82, 2.24) is 24.6 Å². The maximum absolute atomic E-state index is 13.4. The van der Waals surface area contributed by atoms with Crippen LogP contribution in [0, 0.1) is 0 Å². The molecule has 0 aliphatic carbocycles. The average molecular weight is 449 g/mol. The number of likely N-dealkylation sites (N-methyl/N-ethyl adjacent to an activating group) is 1. The van der Waals surface area contributed by atoms with Crippen LogP contribution in [0.4, 0.5) is 13.2 Å². The number of alkyl halides is 3. The molecule has 3 heterocycles. The lowest BCUT2D eigenvalue weighted by Gasteiger charge is -2.32. The Labute approximate surface area is 183 Å². The Morgan fingerprint density at radius 3 is 2.31 bits per heavy atom. The van der Waals surface area contributed by atoms with E-state index >= 15 is 0 Å². The van der Waals surface area contributed by atoms with E-state index in [1.54, 1.807) is 4.90 Å². The lowest BCUT2D eigenvalue weighted by molar-refractivity contribution is -0.137. The predicted molar refractivity (Wildman–Crippen MR) is 117 cm³/mol. The molecule has 0 spiro atoms. The van der Waals surface area contributed by atoms with Crippen LogP contribution >= 0.6 is 0 Å². The molecule has 0 saturated carbocycles. The van der Waals surface area contributed by atoms with Gasteiger partial charge in [-0.2, -0.15) is 18.3 Å². The Balaban J connectivity index is 0.00000141. The second-order valence-electron chi connectivity index (χ2n) is 7.51. The molecule has 0 atom stereocenters. The van der Waals surface area contributed by atoms with Crippen molar-refractivity contribution in [3.8, 4) is 11.1 Å². The van der Waals surface area contributed by atoms with Gasteiger partial charge in [-0.3, -0.25) is 14.7 Å². The van der Waals surface area contributed by atoms with Gasteiger partial charge in [0.15, 0.2) is 0 Å². The highest BCUT2D eigenvalue weighted by molar-refractivity contribution is 5.98. The van der Waals surface area contributed by atoms with Gasteiger partial charge >= 0.3 is 6.18 Å². The van der Waals surface area contributed by atoms with Gasteiger partial charge in [0, 0.05) is 50.4 Å². The van der Waals surface area contributed by atoms with Crippen molar-refractivity contribution in [3.05, 3.63) is 52.1 Å². The fourth-order valence-electron chi connectivity index (χ4n) is 3.65. The molecule has 3 aromatic rings. The number of rotatable bonds is 2. The van der Waals surface area contributed by atoms with Crippen LogP contribution in [0.15, 0.2) is 35.4 Å². The van der Waals surface area contributed by atoms with Crippen LogP contribution in [0.1, 0.15) is 29.8 Å². The van der Waals surface area contributed by atoms with E-state index in [9.17, 15) is 22.8 Å². The van der Waals surface area contributed by atoms with Crippen LogP contribution in [0.2, 0.25) is 0 Å². The van der Waals surface area contributed by atoms with Gasteiger partial charge < -0.3 is 14.4 Å². The predicted octanol–water partition coefficient (Wildman–Crippen LogP) is 3.36. The summed E-state index contributed by atoms with van der Waals surface area (Å²) in [6.07, 6.45) is -1.79. The van der Waals surface area contributed by atoms with Gasteiger partial charge in [-0.15, -0.1) is 0 Å². The first-order valence-corrected chi connectivity index (χ1v) is 10.4. The van der Waals surface area contributed by atoms with Crippen molar-refractivity contribution in [2.24, 2.45) is 7.05 Å². The summed E-state index contributed by atoms with van der Waals surface area (Å²) in [6.45, 7) is 6.55. The summed E-state index contributed by atoms with van der Waals surface area (Å²) in [7, 11) is 3.45. The van der Waals surface area contributed by atoms with Crippen molar-refractivity contribution in [2.75, 3.05) is 33.2 Å². The number of aromatic nitrogens is 3. The Hall–Kier alpha value is -3.14. The minimum atomic E-state index is -4.59. The zero-order chi connectivity index (χ0) is 23.6. The van der Waals surface area contributed by atoms with Gasteiger partial charge in [0.05, 0.1) is 22.8 Å². The number of pyridine rings is 1. The van der Waals surface area contributed by atoms with Crippen molar-refractivity contribution in [3.63, 3.8) is 0 Å². The molecule has 4 rings (SSSR count). The maximum atomic E-state index is 13.4. The second kappa shape index (κ2) is 9.15. The zero-order valence-corrected chi connectivity index (χ0v) is 18.5. The largest absolute Gasteiger partial charge is 0.416 e. The number of hydrogen-bond donors (Lipinski definition) is 1. The Bertz CT molecular complexity index is 1170. The third kappa shape index (κ3) is 4.55. The topological polar surface area (TPSA) is 74.2 Å². The number of fused-ring (bicyclic) bond motifs is 1. The third-order valence-electron chi connectivity index (χ3n) is 5.40. The number of aryl methyl sites for hydroxylation is 1. The molecule has 0 radical (unpaired) electrons. The SMILES string of the molecule is CC.CN1CCN(C(=O)c2cc(-c3cc(C(F)(F)F)cc4[nH]ncc34)c(=O)n(C)c2)CC1. The van der Waals surface area contributed by atoms with E-state index in [4.69, 9.17) is 0 Å². The van der Waals surface area contributed by atoms with Crippen LogP contribution in [0.3, 0.4) is 0 Å². The molecule has 1 aliphatic rings. The molecule has 32 heavy (non-hydrogen) atoms. The van der Waals surface area contributed by atoms with Crippen LogP contribution in [-0.2, 0) is 13.2 Å². The molecule has 1 amide bonds. The summed E-state index contributed by atoms with van der Waals surface area (Å²) < 4.78 is 41.4. The van der Waals surface area contributed by atoms with E-state index in [0.29, 0.717) is 18.5 Å². The third-order valence-corrected chi connectivity index (χ3v) is 5.40. The smallest absolute Gasteiger partial charge is 0.336 e. The van der Waals surface area contributed by atoms with E-state index < -0.39 is 17.3 Å². The number of carbonyl (C=O) groups excluding carboxylic acids is 1. The first-order chi connectivity index (χ1) is 15.1. The van der Waals surface area contributed by atoms with Crippen molar-refractivity contribution < 1.29 is 18.0 Å². The summed E-state index contributed by atoms with van der Waals surface area (Å²) in [5, 5.41) is 6.73. The van der Waals surface area contributed by atoms with Gasteiger partial charge in [0.1, 0.15) is 0 Å². The van der Waals surface area contributed by atoms with Crippen molar-refractivity contribution >= 4 is 16.8 Å². The maximum Gasteiger partial charge on any atom is 0.416 e. The normalized spacial score (nSPS) is 14.9. The standard InChI is InChI=1S/C20H20F3N5O2.C2H6/c1-26-3-5-28(6-4-26)18(29)12-7-15(19(30)27(2)11-12)14-8-13(20(21,22)23)9-17-16(14)10-24-25-17;1-2/h7-11H,3-6H2,1-2H3,(H,24,25);1-2H3. The van der Waals surface area contributed by atoms with Crippen LogP contribution in [0.5, 0.6) is 0 Å². The molecule has 10 heteroatoms. The zero-order valence-electron chi connectivity index (χ0n) is 18.5. The number of piperazine rings is 1.